The number of aryl methyl sites for hydroxylation is 1. The fourth-order valence-electron chi connectivity index (χ4n) is 1.55. The quantitative estimate of drug-likeness (QED) is 0.942. The topological polar surface area (TPSA) is 55.1 Å². The standard InChI is InChI=1S/C13H11F3N2O2/c1-8-18-11(7-20-8)12(19)17-6-9-2-4-10(5-3-9)13(14,15)16/h2-5,7H,6H2,1H3,(H,17,19). The van der Waals surface area contributed by atoms with Crippen LogP contribution >= 0.6 is 0 Å². The fourth-order valence-corrected chi connectivity index (χ4v) is 1.55. The Balaban J connectivity index is 1.96. The second kappa shape index (κ2) is 5.36. The van der Waals surface area contributed by atoms with Gasteiger partial charge in [0.25, 0.3) is 5.91 Å². The fraction of sp³-hybridized carbons (Fsp3) is 0.231. The lowest BCUT2D eigenvalue weighted by atomic mass is 10.1. The van der Waals surface area contributed by atoms with Gasteiger partial charge in [0, 0.05) is 13.5 Å². The van der Waals surface area contributed by atoms with Crippen LogP contribution in [0.3, 0.4) is 0 Å². The van der Waals surface area contributed by atoms with E-state index in [0.717, 1.165) is 12.1 Å². The Morgan fingerprint density at radius 2 is 1.95 bits per heavy atom. The molecule has 0 aliphatic rings. The smallest absolute Gasteiger partial charge is 0.416 e. The highest BCUT2D eigenvalue weighted by atomic mass is 19.4. The molecule has 1 N–H and O–H groups in total. The summed E-state index contributed by atoms with van der Waals surface area (Å²) in [5, 5.41) is 2.54. The van der Waals surface area contributed by atoms with Crippen molar-refractivity contribution in [2.45, 2.75) is 19.6 Å². The molecule has 1 aromatic heterocycles. The number of hydrogen-bond acceptors (Lipinski definition) is 3. The molecule has 0 aliphatic carbocycles. The van der Waals surface area contributed by atoms with Crippen molar-refractivity contribution in [3.8, 4) is 0 Å². The first kappa shape index (κ1) is 14.1. The zero-order chi connectivity index (χ0) is 14.8. The molecule has 4 nitrogen and oxygen atoms in total. The van der Waals surface area contributed by atoms with Gasteiger partial charge in [-0.2, -0.15) is 13.2 Å². The molecule has 0 saturated heterocycles. The summed E-state index contributed by atoms with van der Waals surface area (Å²) in [5.74, 6) is -0.0774. The van der Waals surface area contributed by atoms with Crippen LogP contribution in [-0.2, 0) is 12.7 Å². The van der Waals surface area contributed by atoms with Gasteiger partial charge in [-0.05, 0) is 17.7 Å². The van der Waals surface area contributed by atoms with Crippen molar-refractivity contribution in [1.82, 2.24) is 10.3 Å². The number of benzene rings is 1. The third kappa shape index (κ3) is 3.37. The van der Waals surface area contributed by atoms with Crippen LogP contribution < -0.4 is 5.32 Å². The summed E-state index contributed by atoms with van der Waals surface area (Å²) in [5.41, 5.74) is -0.0271. The van der Waals surface area contributed by atoms with Gasteiger partial charge in [0.2, 0.25) is 0 Å². The van der Waals surface area contributed by atoms with Gasteiger partial charge in [-0.3, -0.25) is 4.79 Å². The first-order valence-electron chi connectivity index (χ1n) is 5.73. The lowest BCUT2D eigenvalue weighted by Gasteiger charge is -2.08. The highest BCUT2D eigenvalue weighted by Gasteiger charge is 2.29. The van der Waals surface area contributed by atoms with Crippen LogP contribution in [0.1, 0.15) is 27.5 Å². The predicted molar refractivity (Wildman–Crippen MR) is 63.9 cm³/mol. The molecule has 2 rings (SSSR count). The van der Waals surface area contributed by atoms with E-state index in [0.29, 0.717) is 11.5 Å². The lowest BCUT2D eigenvalue weighted by molar-refractivity contribution is -0.137. The van der Waals surface area contributed by atoms with E-state index in [4.69, 9.17) is 4.42 Å². The summed E-state index contributed by atoms with van der Waals surface area (Å²) in [6.45, 7) is 1.72. The molecule has 1 heterocycles. The van der Waals surface area contributed by atoms with E-state index in [-0.39, 0.29) is 12.2 Å². The number of halogens is 3. The average molecular weight is 284 g/mol. The maximum Gasteiger partial charge on any atom is 0.416 e. The van der Waals surface area contributed by atoms with Crippen molar-refractivity contribution in [3.63, 3.8) is 0 Å². The van der Waals surface area contributed by atoms with E-state index >= 15 is 0 Å². The van der Waals surface area contributed by atoms with Crippen molar-refractivity contribution < 1.29 is 22.4 Å². The van der Waals surface area contributed by atoms with Gasteiger partial charge in [0.1, 0.15) is 6.26 Å². The molecule has 0 bridgehead atoms. The molecule has 0 unspecified atom stereocenters. The molecule has 2 aromatic rings. The van der Waals surface area contributed by atoms with Crippen LogP contribution in [0.2, 0.25) is 0 Å². The van der Waals surface area contributed by atoms with E-state index < -0.39 is 17.6 Å². The SMILES string of the molecule is Cc1nc(C(=O)NCc2ccc(C(F)(F)F)cc2)co1. The molecule has 0 aliphatic heterocycles. The maximum absolute atomic E-state index is 12.4. The van der Waals surface area contributed by atoms with E-state index in [1.54, 1.807) is 6.92 Å². The molecular formula is C13H11F3N2O2. The molecule has 0 spiro atoms. The Hall–Kier alpha value is -2.31. The van der Waals surface area contributed by atoms with E-state index in [9.17, 15) is 18.0 Å². The van der Waals surface area contributed by atoms with Gasteiger partial charge in [-0.1, -0.05) is 12.1 Å². The summed E-state index contributed by atoms with van der Waals surface area (Å²) in [6, 6.07) is 4.58. The third-order valence-corrected chi connectivity index (χ3v) is 2.59. The number of carbonyl (C=O) groups excluding carboxylic acids is 1. The van der Waals surface area contributed by atoms with Gasteiger partial charge < -0.3 is 9.73 Å². The first-order chi connectivity index (χ1) is 9.36. The number of oxazole rings is 1. The Bertz CT molecular complexity index is 603. The maximum atomic E-state index is 12.4. The Morgan fingerprint density at radius 3 is 2.45 bits per heavy atom. The molecule has 1 aromatic carbocycles. The minimum absolute atomic E-state index is 0.114. The normalized spacial score (nSPS) is 11.4. The van der Waals surface area contributed by atoms with Crippen molar-refractivity contribution in [2.24, 2.45) is 0 Å². The Labute approximate surface area is 112 Å². The molecule has 0 radical (unpaired) electrons. The number of aromatic nitrogens is 1. The highest BCUT2D eigenvalue weighted by molar-refractivity contribution is 5.91. The summed E-state index contributed by atoms with van der Waals surface area (Å²) in [7, 11) is 0. The van der Waals surface area contributed by atoms with Crippen LogP contribution in [0.15, 0.2) is 34.9 Å². The second-order valence-electron chi connectivity index (χ2n) is 4.13. The molecule has 1 amide bonds. The van der Waals surface area contributed by atoms with E-state index in [1.165, 1.54) is 18.4 Å². The number of nitrogens with one attached hydrogen (secondary N) is 1. The molecule has 0 saturated carbocycles. The number of nitrogens with zero attached hydrogens (tertiary/aromatic N) is 1. The monoisotopic (exact) mass is 284 g/mol. The first-order valence-corrected chi connectivity index (χ1v) is 5.73. The average Bonchev–Trinajstić information content (AvgIpc) is 2.82. The number of carbonyl (C=O) groups is 1. The van der Waals surface area contributed by atoms with Crippen molar-refractivity contribution in [1.29, 1.82) is 0 Å². The van der Waals surface area contributed by atoms with Gasteiger partial charge in [-0.15, -0.1) is 0 Å². The molecule has 106 valence electrons. The molecule has 7 heteroatoms. The van der Waals surface area contributed by atoms with E-state index in [2.05, 4.69) is 10.3 Å². The third-order valence-electron chi connectivity index (χ3n) is 2.59. The summed E-state index contributed by atoms with van der Waals surface area (Å²) < 4.78 is 42.0. The summed E-state index contributed by atoms with van der Waals surface area (Å²) >= 11 is 0. The lowest BCUT2D eigenvalue weighted by Crippen LogP contribution is -2.23. The molecule has 0 fully saturated rings. The molecular weight excluding hydrogens is 273 g/mol. The zero-order valence-electron chi connectivity index (χ0n) is 10.5. The molecule has 20 heavy (non-hydrogen) atoms. The largest absolute Gasteiger partial charge is 0.448 e. The van der Waals surface area contributed by atoms with Crippen LogP contribution in [0.5, 0.6) is 0 Å². The number of hydrogen-bond donors (Lipinski definition) is 1. The van der Waals surface area contributed by atoms with Gasteiger partial charge in [-0.25, -0.2) is 4.98 Å². The number of rotatable bonds is 3. The highest BCUT2D eigenvalue weighted by Crippen LogP contribution is 2.29. The number of amides is 1. The van der Waals surface area contributed by atoms with Crippen LogP contribution in [0.4, 0.5) is 13.2 Å². The van der Waals surface area contributed by atoms with Crippen molar-refractivity contribution in [2.75, 3.05) is 0 Å². The Kier molecular flexibility index (Phi) is 3.78. The second-order valence-corrected chi connectivity index (χ2v) is 4.13. The van der Waals surface area contributed by atoms with Crippen LogP contribution in [0, 0.1) is 6.92 Å². The minimum atomic E-state index is -4.36. The predicted octanol–water partition coefficient (Wildman–Crippen LogP) is 2.93. The van der Waals surface area contributed by atoms with Gasteiger partial charge in [0.15, 0.2) is 11.6 Å². The Morgan fingerprint density at radius 1 is 1.30 bits per heavy atom. The van der Waals surface area contributed by atoms with Gasteiger partial charge in [0.05, 0.1) is 5.56 Å². The summed E-state index contributed by atoms with van der Waals surface area (Å²) in [4.78, 5) is 15.5. The van der Waals surface area contributed by atoms with Crippen LogP contribution in [-0.4, -0.2) is 10.9 Å². The van der Waals surface area contributed by atoms with Crippen molar-refractivity contribution in [3.05, 3.63) is 53.2 Å². The molecule has 0 atom stereocenters. The van der Waals surface area contributed by atoms with Gasteiger partial charge >= 0.3 is 6.18 Å². The van der Waals surface area contributed by atoms with Crippen molar-refractivity contribution >= 4 is 5.91 Å². The minimum Gasteiger partial charge on any atom is -0.448 e. The number of alkyl halides is 3. The summed E-state index contributed by atoms with van der Waals surface area (Å²) in [6.07, 6.45) is -3.14. The van der Waals surface area contributed by atoms with Crippen LogP contribution in [0.25, 0.3) is 0 Å². The zero-order valence-corrected chi connectivity index (χ0v) is 10.5. The van der Waals surface area contributed by atoms with E-state index in [1.807, 2.05) is 0 Å².